The van der Waals surface area contributed by atoms with Gasteiger partial charge >= 0.3 is 6.09 Å². The van der Waals surface area contributed by atoms with E-state index in [4.69, 9.17) is 0 Å². The number of ether oxygens (including phenoxy) is 1. The topological polar surface area (TPSA) is 38.7 Å². The van der Waals surface area contributed by atoms with Gasteiger partial charge in [-0.05, 0) is 5.56 Å². The molecule has 3 heteroatoms. The van der Waals surface area contributed by atoms with Crippen LogP contribution in [0.2, 0.25) is 0 Å². The first-order valence-electron chi connectivity index (χ1n) is 4.19. The van der Waals surface area contributed by atoms with Crippen LogP contribution in [0.5, 0.6) is 0 Å². The Morgan fingerprint density at radius 3 is 2.79 bits per heavy atom. The molecular formula is C11H11NO2. The molecule has 0 atom stereocenters. The van der Waals surface area contributed by atoms with Crippen LogP contribution < -0.4 is 0 Å². The molecule has 0 spiro atoms. The van der Waals surface area contributed by atoms with Crippen LogP contribution >= 0.6 is 0 Å². The first-order chi connectivity index (χ1) is 6.83. The number of hydrogen-bond acceptors (Lipinski definition) is 2. The predicted octanol–water partition coefficient (Wildman–Crippen LogP) is 2.43. The molecule has 0 aliphatic rings. The molecule has 1 rings (SSSR count). The lowest BCUT2D eigenvalue weighted by Crippen LogP contribution is -1.98. The highest BCUT2D eigenvalue weighted by Gasteiger charge is 1.94. The normalized spacial score (nSPS) is 10.0. The Balaban J connectivity index is 2.48. The zero-order valence-electron chi connectivity index (χ0n) is 7.72. The van der Waals surface area contributed by atoms with Gasteiger partial charge in [0.1, 0.15) is 6.61 Å². The van der Waals surface area contributed by atoms with E-state index >= 15 is 0 Å². The van der Waals surface area contributed by atoms with E-state index in [0.29, 0.717) is 0 Å². The molecule has 0 aromatic heterocycles. The second kappa shape index (κ2) is 5.70. The molecule has 0 radical (unpaired) electrons. The predicted molar refractivity (Wildman–Crippen MR) is 55.6 cm³/mol. The Hall–Kier alpha value is -1.90. The summed E-state index contributed by atoms with van der Waals surface area (Å²) in [5, 5.41) is 0. The molecule has 3 nitrogen and oxygen atoms in total. The minimum atomic E-state index is -0.603. The van der Waals surface area contributed by atoms with Gasteiger partial charge in [-0.15, -0.1) is 0 Å². The van der Waals surface area contributed by atoms with Gasteiger partial charge in [0.15, 0.2) is 0 Å². The molecule has 0 unspecified atom stereocenters. The van der Waals surface area contributed by atoms with Gasteiger partial charge in [0, 0.05) is 6.21 Å². The van der Waals surface area contributed by atoms with E-state index in [1.807, 2.05) is 30.3 Å². The van der Waals surface area contributed by atoms with Gasteiger partial charge in [0.25, 0.3) is 0 Å². The highest BCUT2D eigenvalue weighted by molar-refractivity contribution is 5.88. The second-order valence-electron chi connectivity index (χ2n) is 2.53. The number of rotatable bonds is 3. The summed E-state index contributed by atoms with van der Waals surface area (Å²) in [6.07, 6.45) is 2.36. The number of nitrogens with zero attached hydrogens (tertiary/aromatic N) is 1. The van der Waals surface area contributed by atoms with Crippen molar-refractivity contribution in [3.05, 3.63) is 48.6 Å². The second-order valence-corrected chi connectivity index (χ2v) is 2.53. The van der Waals surface area contributed by atoms with Crippen molar-refractivity contribution in [2.24, 2.45) is 4.99 Å². The van der Waals surface area contributed by atoms with Crippen LogP contribution in [0, 0.1) is 0 Å². The molecule has 0 saturated heterocycles. The average molecular weight is 189 g/mol. The maximum Gasteiger partial charge on any atom is 0.433 e. The van der Waals surface area contributed by atoms with Crippen molar-refractivity contribution in [3.63, 3.8) is 0 Å². The van der Waals surface area contributed by atoms with Crippen molar-refractivity contribution in [2.75, 3.05) is 6.61 Å². The Bertz CT molecular complexity index is 330. The quantitative estimate of drug-likeness (QED) is 0.541. The molecule has 0 aliphatic carbocycles. The molecule has 0 N–H and O–H groups in total. The smallest absolute Gasteiger partial charge is 0.433 e. The summed E-state index contributed by atoms with van der Waals surface area (Å²) in [7, 11) is 0. The monoisotopic (exact) mass is 189 g/mol. The Morgan fingerprint density at radius 2 is 2.14 bits per heavy atom. The van der Waals surface area contributed by atoms with Crippen LogP contribution in [0.15, 0.2) is 48.0 Å². The number of amides is 1. The highest BCUT2D eigenvalue weighted by Crippen LogP contribution is 1.94. The van der Waals surface area contributed by atoms with Crippen molar-refractivity contribution >= 4 is 12.3 Å². The molecule has 1 amide bonds. The van der Waals surface area contributed by atoms with Crippen molar-refractivity contribution in [1.29, 1.82) is 0 Å². The van der Waals surface area contributed by atoms with Gasteiger partial charge in [-0.3, -0.25) is 0 Å². The first kappa shape index (κ1) is 10.2. The first-order valence-corrected chi connectivity index (χ1v) is 4.19. The van der Waals surface area contributed by atoms with Gasteiger partial charge in [-0.25, -0.2) is 4.79 Å². The van der Waals surface area contributed by atoms with Gasteiger partial charge in [-0.1, -0.05) is 43.0 Å². The standard InChI is InChI=1S/C11H11NO2/c1-2-8-14-11(13)12-9-10-6-4-3-5-7-10/h2-7,9H,1,8H2/b12-9+. The molecule has 14 heavy (non-hydrogen) atoms. The van der Waals surface area contributed by atoms with Crippen LogP contribution in [-0.2, 0) is 4.74 Å². The number of benzene rings is 1. The fraction of sp³-hybridized carbons (Fsp3) is 0.0909. The number of carbonyl (C=O) groups is 1. The minimum Gasteiger partial charge on any atom is -0.444 e. The molecular weight excluding hydrogens is 178 g/mol. The zero-order chi connectivity index (χ0) is 10.2. The summed E-state index contributed by atoms with van der Waals surface area (Å²) in [4.78, 5) is 14.5. The van der Waals surface area contributed by atoms with Crippen LogP contribution in [0.3, 0.4) is 0 Å². The zero-order valence-corrected chi connectivity index (χ0v) is 7.72. The van der Waals surface area contributed by atoms with Crippen molar-refractivity contribution in [3.8, 4) is 0 Å². The van der Waals surface area contributed by atoms with E-state index < -0.39 is 6.09 Å². The van der Waals surface area contributed by atoms with Crippen LogP contribution in [0.4, 0.5) is 4.79 Å². The van der Waals surface area contributed by atoms with Gasteiger partial charge in [0.2, 0.25) is 0 Å². The van der Waals surface area contributed by atoms with Crippen LogP contribution in [0.1, 0.15) is 5.56 Å². The molecule has 0 fully saturated rings. The lowest BCUT2D eigenvalue weighted by molar-refractivity contribution is 0.170. The SMILES string of the molecule is C=CCOC(=O)/N=C/c1ccccc1. The summed E-state index contributed by atoms with van der Waals surface area (Å²) in [5.41, 5.74) is 0.864. The van der Waals surface area contributed by atoms with Crippen molar-refractivity contribution < 1.29 is 9.53 Å². The average Bonchev–Trinajstić information content (AvgIpc) is 2.25. The third-order valence-electron chi connectivity index (χ3n) is 1.44. The molecule has 0 heterocycles. The van der Waals surface area contributed by atoms with E-state index in [1.165, 1.54) is 12.3 Å². The molecule has 0 bridgehead atoms. The fourth-order valence-corrected chi connectivity index (χ4v) is 0.834. The molecule has 1 aromatic rings. The largest absolute Gasteiger partial charge is 0.444 e. The summed E-state index contributed by atoms with van der Waals surface area (Å²) in [6, 6.07) is 9.34. The van der Waals surface area contributed by atoms with Crippen molar-refractivity contribution in [1.82, 2.24) is 0 Å². The number of hydrogen-bond donors (Lipinski definition) is 0. The fourth-order valence-electron chi connectivity index (χ4n) is 0.834. The van der Waals surface area contributed by atoms with Gasteiger partial charge in [0.05, 0.1) is 0 Å². The number of carbonyl (C=O) groups excluding carboxylic acids is 1. The van der Waals surface area contributed by atoms with E-state index in [-0.39, 0.29) is 6.61 Å². The van der Waals surface area contributed by atoms with E-state index in [1.54, 1.807) is 0 Å². The molecule has 0 aliphatic heterocycles. The van der Waals surface area contributed by atoms with Crippen LogP contribution in [0.25, 0.3) is 0 Å². The lowest BCUT2D eigenvalue weighted by Gasteiger charge is -1.94. The summed E-state index contributed by atoms with van der Waals surface area (Å²) >= 11 is 0. The van der Waals surface area contributed by atoms with Gasteiger partial charge < -0.3 is 4.74 Å². The maximum atomic E-state index is 10.9. The van der Waals surface area contributed by atoms with Gasteiger partial charge in [-0.2, -0.15) is 4.99 Å². The van der Waals surface area contributed by atoms with E-state index in [2.05, 4.69) is 16.3 Å². The maximum absolute atomic E-state index is 10.9. The molecule has 1 aromatic carbocycles. The van der Waals surface area contributed by atoms with E-state index in [0.717, 1.165) is 5.56 Å². The number of aliphatic imine (C=N–C) groups is 1. The minimum absolute atomic E-state index is 0.185. The van der Waals surface area contributed by atoms with E-state index in [9.17, 15) is 4.79 Å². The Kier molecular flexibility index (Phi) is 4.14. The summed E-state index contributed by atoms with van der Waals surface area (Å²) in [5.74, 6) is 0. The van der Waals surface area contributed by atoms with Crippen LogP contribution in [-0.4, -0.2) is 18.9 Å². The Labute approximate surface area is 82.7 Å². The third-order valence-corrected chi connectivity index (χ3v) is 1.44. The Morgan fingerprint density at radius 1 is 1.43 bits per heavy atom. The molecule has 72 valence electrons. The molecule has 0 saturated carbocycles. The summed E-state index contributed by atoms with van der Waals surface area (Å²) in [6.45, 7) is 3.61. The lowest BCUT2D eigenvalue weighted by atomic mass is 10.2. The third kappa shape index (κ3) is 3.67. The highest BCUT2D eigenvalue weighted by atomic mass is 16.5. The summed E-state index contributed by atoms with van der Waals surface area (Å²) < 4.78 is 4.66. The van der Waals surface area contributed by atoms with Crippen molar-refractivity contribution in [2.45, 2.75) is 0 Å².